The summed E-state index contributed by atoms with van der Waals surface area (Å²) in [5.74, 6) is -0.317. The number of nitrogens with one attached hydrogen (secondary N) is 1. The van der Waals surface area contributed by atoms with E-state index in [1.165, 1.54) is 0 Å². The van der Waals surface area contributed by atoms with E-state index in [4.69, 9.17) is 0 Å². The first-order chi connectivity index (χ1) is 17.9. The van der Waals surface area contributed by atoms with Gasteiger partial charge in [-0.1, -0.05) is 24.3 Å². The summed E-state index contributed by atoms with van der Waals surface area (Å²) in [6, 6.07) is 15.6. The third-order valence-corrected chi connectivity index (χ3v) is 7.57. The standard InChI is InChI=1S/C29H33N5O3/c1-20-9-12-26(28(36)31-20)29(37)32-18-23-7-3-4-8-27(23)33(21(2)35)15-13-24-10-11-25(19-32)34(24)17-22-6-5-14-30-16-22/h3-9,12,14,16,24-25H,10-11,13,15,17-19H2,1-2H3,(H,31,36). The Morgan fingerprint density at radius 1 is 1.03 bits per heavy atom. The molecule has 5 rings (SSSR count). The molecule has 3 aromatic rings. The molecule has 192 valence electrons. The van der Waals surface area contributed by atoms with Gasteiger partial charge >= 0.3 is 0 Å². The van der Waals surface area contributed by atoms with Crippen molar-refractivity contribution in [2.45, 2.75) is 58.3 Å². The molecule has 37 heavy (non-hydrogen) atoms. The Morgan fingerprint density at radius 2 is 1.84 bits per heavy atom. The smallest absolute Gasteiger partial charge is 0.260 e. The van der Waals surface area contributed by atoms with Crippen LogP contribution < -0.4 is 10.5 Å². The van der Waals surface area contributed by atoms with Crippen molar-refractivity contribution in [3.63, 3.8) is 0 Å². The summed E-state index contributed by atoms with van der Waals surface area (Å²) >= 11 is 0. The average Bonchev–Trinajstić information content (AvgIpc) is 3.24. The molecule has 1 aromatic carbocycles. The number of pyridine rings is 2. The molecule has 2 aliphatic rings. The maximum Gasteiger partial charge on any atom is 0.260 e. The lowest BCUT2D eigenvalue weighted by Crippen LogP contribution is -2.45. The largest absolute Gasteiger partial charge is 0.332 e. The summed E-state index contributed by atoms with van der Waals surface area (Å²) in [5, 5.41) is 0. The number of para-hydroxylation sites is 1. The van der Waals surface area contributed by atoms with Gasteiger partial charge in [-0.05, 0) is 61.6 Å². The highest BCUT2D eigenvalue weighted by Crippen LogP contribution is 2.32. The number of anilines is 1. The van der Waals surface area contributed by atoms with Gasteiger partial charge in [0, 0.05) is 69.0 Å². The molecule has 2 bridgehead atoms. The van der Waals surface area contributed by atoms with Gasteiger partial charge < -0.3 is 14.8 Å². The molecule has 2 amide bonds. The van der Waals surface area contributed by atoms with Crippen LogP contribution in [0.5, 0.6) is 0 Å². The fraction of sp³-hybridized carbons (Fsp3) is 0.379. The molecule has 2 atom stereocenters. The van der Waals surface area contributed by atoms with Crippen LogP contribution in [0.1, 0.15) is 53.4 Å². The van der Waals surface area contributed by atoms with Gasteiger partial charge in [0.2, 0.25) is 5.91 Å². The summed E-state index contributed by atoms with van der Waals surface area (Å²) in [5.41, 5.74) is 3.30. The number of fused-ring (bicyclic) bond motifs is 3. The Labute approximate surface area is 216 Å². The highest BCUT2D eigenvalue weighted by molar-refractivity contribution is 5.95. The third kappa shape index (κ3) is 5.34. The van der Waals surface area contributed by atoms with Crippen LogP contribution in [0.3, 0.4) is 0 Å². The summed E-state index contributed by atoms with van der Waals surface area (Å²) in [6.07, 6.45) is 6.44. The van der Waals surface area contributed by atoms with Crippen molar-refractivity contribution in [2.75, 3.05) is 18.0 Å². The zero-order chi connectivity index (χ0) is 25.9. The van der Waals surface area contributed by atoms with Gasteiger partial charge in [-0.3, -0.25) is 24.3 Å². The predicted octanol–water partition coefficient (Wildman–Crippen LogP) is 3.51. The topological polar surface area (TPSA) is 89.6 Å². The van der Waals surface area contributed by atoms with Crippen molar-refractivity contribution < 1.29 is 9.59 Å². The lowest BCUT2D eigenvalue weighted by atomic mass is 10.1. The van der Waals surface area contributed by atoms with Gasteiger partial charge in [-0.2, -0.15) is 0 Å². The lowest BCUT2D eigenvalue weighted by molar-refractivity contribution is -0.116. The Bertz CT molecular complexity index is 1340. The first kappa shape index (κ1) is 24.9. The molecule has 2 unspecified atom stereocenters. The molecule has 0 aliphatic carbocycles. The number of hydrogen-bond acceptors (Lipinski definition) is 5. The summed E-state index contributed by atoms with van der Waals surface area (Å²) < 4.78 is 0. The zero-order valence-corrected chi connectivity index (χ0v) is 21.4. The van der Waals surface area contributed by atoms with E-state index in [9.17, 15) is 14.4 Å². The SMILES string of the molecule is CC(=O)N1CCC2CCC(CN(C(=O)c3ccc(C)[nH]c3=O)Cc3ccccc31)N2Cc1cccnc1. The van der Waals surface area contributed by atoms with E-state index in [-0.39, 0.29) is 35.0 Å². The fourth-order valence-electron chi connectivity index (χ4n) is 5.71. The van der Waals surface area contributed by atoms with Crippen LogP contribution in [-0.4, -0.2) is 56.8 Å². The van der Waals surface area contributed by atoms with Crippen molar-refractivity contribution in [3.8, 4) is 0 Å². The number of carbonyl (C=O) groups is 2. The van der Waals surface area contributed by atoms with Crippen LogP contribution in [0.25, 0.3) is 0 Å². The number of aryl methyl sites for hydroxylation is 1. The van der Waals surface area contributed by atoms with Gasteiger partial charge in [-0.25, -0.2) is 0 Å². The number of carbonyl (C=O) groups excluding carboxylic acids is 2. The number of benzene rings is 1. The second-order valence-electron chi connectivity index (χ2n) is 10.1. The summed E-state index contributed by atoms with van der Waals surface area (Å²) in [6.45, 7) is 5.54. The van der Waals surface area contributed by atoms with Crippen molar-refractivity contribution >= 4 is 17.5 Å². The lowest BCUT2D eigenvalue weighted by Gasteiger charge is -2.33. The van der Waals surface area contributed by atoms with Gasteiger partial charge in [0.15, 0.2) is 0 Å². The number of aromatic amines is 1. The highest BCUT2D eigenvalue weighted by Gasteiger charge is 2.37. The second-order valence-corrected chi connectivity index (χ2v) is 10.1. The Balaban J connectivity index is 1.56. The first-order valence-electron chi connectivity index (χ1n) is 12.9. The summed E-state index contributed by atoms with van der Waals surface area (Å²) in [4.78, 5) is 52.5. The molecule has 0 spiro atoms. The van der Waals surface area contributed by atoms with Crippen molar-refractivity contribution in [2.24, 2.45) is 0 Å². The van der Waals surface area contributed by atoms with Gasteiger partial charge in [0.25, 0.3) is 11.5 Å². The molecular weight excluding hydrogens is 466 g/mol. The Kier molecular flexibility index (Phi) is 7.19. The minimum atomic E-state index is -0.380. The molecule has 0 saturated carbocycles. The number of amides is 2. The molecule has 0 radical (unpaired) electrons. The fourth-order valence-corrected chi connectivity index (χ4v) is 5.71. The van der Waals surface area contributed by atoms with E-state index >= 15 is 0 Å². The van der Waals surface area contributed by atoms with Gasteiger partial charge in [0.05, 0.1) is 0 Å². The highest BCUT2D eigenvalue weighted by atomic mass is 16.2. The maximum absolute atomic E-state index is 13.8. The Morgan fingerprint density at radius 3 is 2.59 bits per heavy atom. The first-order valence-corrected chi connectivity index (χ1v) is 12.9. The molecule has 8 nitrogen and oxygen atoms in total. The van der Waals surface area contributed by atoms with Crippen molar-refractivity contribution in [3.05, 3.63) is 93.7 Å². The molecule has 2 aromatic heterocycles. The quantitative estimate of drug-likeness (QED) is 0.596. The van der Waals surface area contributed by atoms with E-state index < -0.39 is 0 Å². The number of nitrogens with zero attached hydrogens (tertiary/aromatic N) is 4. The van der Waals surface area contributed by atoms with Crippen LogP contribution >= 0.6 is 0 Å². The number of hydrogen-bond donors (Lipinski definition) is 1. The normalized spacial score (nSPS) is 20.3. The minimum absolute atomic E-state index is 0.0205. The zero-order valence-electron chi connectivity index (χ0n) is 21.4. The second kappa shape index (κ2) is 10.7. The van der Waals surface area contributed by atoms with Crippen LogP contribution in [0.4, 0.5) is 5.69 Å². The van der Waals surface area contributed by atoms with Crippen LogP contribution in [-0.2, 0) is 17.9 Å². The molecule has 4 heterocycles. The molecule has 1 fully saturated rings. The minimum Gasteiger partial charge on any atom is -0.332 e. The van der Waals surface area contributed by atoms with E-state index in [1.54, 1.807) is 37.1 Å². The monoisotopic (exact) mass is 499 g/mol. The Hall–Kier alpha value is -3.78. The average molecular weight is 500 g/mol. The number of aromatic nitrogens is 2. The van der Waals surface area contributed by atoms with E-state index in [0.717, 1.165) is 42.6 Å². The molecule has 8 heteroatoms. The van der Waals surface area contributed by atoms with Crippen molar-refractivity contribution in [1.29, 1.82) is 0 Å². The molecule has 1 N–H and O–H groups in total. The van der Waals surface area contributed by atoms with E-state index in [1.807, 2.05) is 41.4 Å². The maximum atomic E-state index is 13.8. The summed E-state index contributed by atoms with van der Waals surface area (Å²) in [7, 11) is 0. The van der Waals surface area contributed by atoms with Crippen LogP contribution in [0, 0.1) is 6.92 Å². The van der Waals surface area contributed by atoms with Crippen LogP contribution in [0.15, 0.2) is 65.7 Å². The molecule has 1 saturated heterocycles. The van der Waals surface area contributed by atoms with Crippen LogP contribution in [0.2, 0.25) is 0 Å². The van der Waals surface area contributed by atoms with E-state index in [2.05, 4.69) is 20.9 Å². The van der Waals surface area contributed by atoms with Gasteiger partial charge in [0.1, 0.15) is 5.56 Å². The third-order valence-electron chi connectivity index (χ3n) is 7.57. The molecule has 2 aliphatic heterocycles. The number of rotatable bonds is 3. The van der Waals surface area contributed by atoms with Gasteiger partial charge in [-0.15, -0.1) is 0 Å². The predicted molar refractivity (Wildman–Crippen MR) is 142 cm³/mol. The number of H-pyrrole nitrogens is 1. The van der Waals surface area contributed by atoms with Crippen molar-refractivity contribution in [1.82, 2.24) is 19.8 Å². The van der Waals surface area contributed by atoms with E-state index in [0.29, 0.717) is 25.3 Å². The molecular formula is C29H33N5O3.